The minimum atomic E-state index is -4.61. The lowest BCUT2D eigenvalue weighted by atomic mass is 10.1. The highest BCUT2D eigenvalue weighted by atomic mass is 31.2. The third-order valence-electron chi connectivity index (χ3n) is 1.19. The quantitative estimate of drug-likeness (QED) is 0.363. The van der Waals surface area contributed by atoms with Crippen molar-refractivity contribution in [2.24, 2.45) is 0 Å². The van der Waals surface area contributed by atoms with Gasteiger partial charge in [-0.1, -0.05) is 0 Å². The molecule has 0 atom stereocenters. The van der Waals surface area contributed by atoms with Crippen molar-refractivity contribution in [3.63, 3.8) is 0 Å². The molecule has 0 unspecified atom stereocenters. The van der Waals surface area contributed by atoms with Gasteiger partial charge in [0.2, 0.25) is 0 Å². The molecule has 0 aromatic heterocycles. The standard InChI is InChI=1S/C5H10NO7P/c7-4(8)1-3(2-5(9)10)6-14(11,12)13/h3H,1-2H2,(H,7,8)(H,9,10)(H3,6,11,12,13). The minimum absolute atomic E-state index is 0.669. The van der Waals surface area contributed by atoms with E-state index in [9.17, 15) is 14.2 Å². The Hall–Kier alpha value is -0.950. The summed E-state index contributed by atoms with van der Waals surface area (Å²) in [5, 5.41) is 18.2. The molecule has 0 aromatic carbocycles. The molecule has 0 saturated carbocycles. The van der Waals surface area contributed by atoms with Gasteiger partial charge in [0.1, 0.15) is 0 Å². The molecule has 0 bridgehead atoms. The van der Waals surface area contributed by atoms with Gasteiger partial charge in [-0.25, -0.2) is 9.65 Å². The second kappa shape index (κ2) is 5.06. The zero-order chi connectivity index (χ0) is 11.4. The predicted molar refractivity (Wildman–Crippen MR) is 43.5 cm³/mol. The Morgan fingerprint density at radius 1 is 1.14 bits per heavy atom. The maximum Gasteiger partial charge on any atom is 0.400 e. The maximum atomic E-state index is 10.4. The van der Waals surface area contributed by atoms with Crippen molar-refractivity contribution in [1.29, 1.82) is 0 Å². The lowest BCUT2D eigenvalue weighted by Gasteiger charge is -2.14. The van der Waals surface area contributed by atoms with Crippen LogP contribution in [0.4, 0.5) is 0 Å². The van der Waals surface area contributed by atoms with Crippen LogP contribution in [0.5, 0.6) is 0 Å². The van der Waals surface area contributed by atoms with Crippen molar-refractivity contribution in [2.75, 3.05) is 0 Å². The van der Waals surface area contributed by atoms with Crippen LogP contribution in [0.25, 0.3) is 0 Å². The van der Waals surface area contributed by atoms with E-state index in [1.54, 1.807) is 5.09 Å². The van der Waals surface area contributed by atoms with E-state index < -0.39 is 38.6 Å². The Kier molecular flexibility index (Phi) is 4.72. The SMILES string of the molecule is O=C(O)CC(CC(=O)O)NP(=O)(O)O. The van der Waals surface area contributed by atoms with Crippen molar-refractivity contribution < 1.29 is 34.2 Å². The lowest BCUT2D eigenvalue weighted by molar-refractivity contribution is -0.139. The Labute approximate surface area is 78.8 Å². The van der Waals surface area contributed by atoms with E-state index in [1.807, 2.05) is 0 Å². The summed E-state index contributed by atoms with van der Waals surface area (Å²) in [5.74, 6) is -2.67. The summed E-state index contributed by atoms with van der Waals surface area (Å²) in [6, 6.07) is -1.29. The van der Waals surface area contributed by atoms with E-state index in [4.69, 9.17) is 20.0 Å². The number of carboxylic acids is 2. The topological polar surface area (TPSA) is 144 Å². The monoisotopic (exact) mass is 227 g/mol. The van der Waals surface area contributed by atoms with Crippen molar-refractivity contribution in [3.8, 4) is 0 Å². The van der Waals surface area contributed by atoms with Gasteiger partial charge >= 0.3 is 19.7 Å². The molecule has 0 fully saturated rings. The highest BCUT2D eigenvalue weighted by Gasteiger charge is 2.24. The van der Waals surface area contributed by atoms with E-state index >= 15 is 0 Å². The van der Waals surface area contributed by atoms with Crippen LogP contribution in [0.1, 0.15) is 12.8 Å². The second-order valence-electron chi connectivity index (χ2n) is 2.57. The van der Waals surface area contributed by atoms with E-state index in [0.29, 0.717) is 0 Å². The average Bonchev–Trinajstić information content (AvgIpc) is 1.77. The van der Waals surface area contributed by atoms with Crippen molar-refractivity contribution in [3.05, 3.63) is 0 Å². The average molecular weight is 227 g/mol. The van der Waals surface area contributed by atoms with Gasteiger partial charge < -0.3 is 20.0 Å². The van der Waals surface area contributed by atoms with Gasteiger partial charge in [-0.3, -0.25) is 9.59 Å². The number of rotatable bonds is 6. The van der Waals surface area contributed by atoms with Gasteiger partial charge in [-0.15, -0.1) is 0 Å². The highest BCUT2D eigenvalue weighted by molar-refractivity contribution is 7.49. The second-order valence-corrected chi connectivity index (χ2v) is 3.91. The van der Waals surface area contributed by atoms with Gasteiger partial charge in [0, 0.05) is 6.04 Å². The molecule has 0 heterocycles. The molecule has 0 aromatic rings. The molecule has 8 nitrogen and oxygen atoms in total. The Morgan fingerprint density at radius 2 is 1.50 bits per heavy atom. The third-order valence-corrected chi connectivity index (χ3v) is 1.89. The van der Waals surface area contributed by atoms with Crippen LogP contribution in [0, 0.1) is 0 Å². The lowest BCUT2D eigenvalue weighted by Crippen LogP contribution is -2.31. The first-order valence-electron chi connectivity index (χ1n) is 3.47. The Balaban J connectivity index is 4.32. The summed E-state index contributed by atoms with van der Waals surface area (Å²) >= 11 is 0. The maximum absolute atomic E-state index is 10.4. The largest absolute Gasteiger partial charge is 0.481 e. The molecular formula is C5H10NO7P. The third kappa shape index (κ3) is 7.69. The molecule has 0 spiro atoms. The van der Waals surface area contributed by atoms with Crippen LogP contribution in [0.3, 0.4) is 0 Å². The van der Waals surface area contributed by atoms with E-state index in [1.165, 1.54) is 0 Å². The fraction of sp³-hybridized carbons (Fsp3) is 0.600. The smallest absolute Gasteiger partial charge is 0.400 e. The molecule has 0 aliphatic heterocycles. The summed E-state index contributed by atoms with van der Waals surface area (Å²) < 4.78 is 10.4. The van der Waals surface area contributed by atoms with Gasteiger partial charge in [-0.2, -0.15) is 0 Å². The first-order chi connectivity index (χ1) is 6.20. The van der Waals surface area contributed by atoms with Gasteiger partial charge in [-0.05, 0) is 0 Å². The number of aliphatic carboxylic acids is 2. The highest BCUT2D eigenvalue weighted by Crippen LogP contribution is 2.30. The number of hydrogen-bond donors (Lipinski definition) is 5. The molecule has 0 rings (SSSR count). The van der Waals surface area contributed by atoms with E-state index in [-0.39, 0.29) is 0 Å². The number of carbonyl (C=O) groups is 2. The Morgan fingerprint density at radius 3 is 1.71 bits per heavy atom. The van der Waals surface area contributed by atoms with Crippen LogP contribution < -0.4 is 5.09 Å². The fourth-order valence-electron chi connectivity index (χ4n) is 0.823. The molecule has 5 N–H and O–H groups in total. The minimum Gasteiger partial charge on any atom is -0.481 e. The first-order valence-corrected chi connectivity index (χ1v) is 5.09. The van der Waals surface area contributed by atoms with Crippen LogP contribution in [-0.4, -0.2) is 38.0 Å². The van der Waals surface area contributed by atoms with E-state index in [0.717, 1.165) is 0 Å². The van der Waals surface area contributed by atoms with Crippen LogP contribution in [-0.2, 0) is 14.2 Å². The summed E-state index contributed by atoms with van der Waals surface area (Å²) in [6.45, 7) is 0. The molecule has 0 amide bonds. The van der Waals surface area contributed by atoms with Crippen molar-refractivity contribution >= 4 is 19.7 Å². The summed E-state index contributed by atoms with van der Waals surface area (Å²) in [5.41, 5.74) is 0. The molecule has 9 heteroatoms. The summed E-state index contributed by atoms with van der Waals surface area (Å²) in [6.07, 6.45) is -1.34. The number of nitrogens with one attached hydrogen (secondary N) is 1. The van der Waals surface area contributed by atoms with Crippen LogP contribution in [0.2, 0.25) is 0 Å². The first kappa shape index (κ1) is 13.1. The molecule has 0 aliphatic rings. The van der Waals surface area contributed by atoms with Gasteiger partial charge in [0.15, 0.2) is 0 Å². The Bertz CT molecular complexity index is 255. The molecule has 0 saturated heterocycles. The summed E-state index contributed by atoms with van der Waals surface area (Å²) in [4.78, 5) is 37.2. The fourth-order valence-corrected chi connectivity index (χ4v) is 1.48. The summed E-state index contributed by atoms with van der Waals surface area (Å²) in [7, 11) is -4.61. The molecule has 0 aliphatic carbocycles. The van der Waals surface area contributed by atoms with Crippen LogP contribution in [0.15, 0.2) is 0 Å². The number of carboxylic acid groups (broad SMARTS) is 2. The van der Waals surface area contributed by atoms with E-state index in [2.05, 4.69) is 0 Å². The van der Waals surface area contributed by atoms with Crippen LogP contribution >= 0.6 is 7.75 Å². The van der Waals surface area contributed by atoms with Gasteiger partial charge in [0.25, 0.3) is 0 Å². The molecule has 82 valence electrons. The number of hydrogen-bond acceptors (Lipinski definition) is 3. The zero-order valence-electron chi connectivity index (χ0n) is 6.95. The normalized spacial score (nSPS) is 11.6. The zero-order valence-corrected chi connectivity index (χ0v) is 7.85. The van der Waals surface area contributed by atoms with Gasteiger partial charge in [0.05, 0.1) is 12.8 Å². The van der Waals surface area contributed by atoms with Crippen molar-refractivity contribution in [2.45, 2.75) is 18.9 Å². The molecule has 14 heavy (non-hydrogen) atoms. The molecular weight excluding hydrogens is 217 g/mol. The molecule has 0 radical (unpaired) electrons. The predicted octanol–water partition coefficient (Wildman–Crippen LogP) is -1.01. The van der Waals surface area contributed by atoms with Crippen molar-refractivity contribution in [1.82, 2.24) is 5.09 Å².